The number of anilines is 4. The van der Waals surface area contributed by atoms with Gasteiger partial charge < -0.3 is 20.5 Å². The smallest absolute Gasteiger partial charge is 0.231 e. The molecule has 1 aromatic carbocycles. The summed E-state index contributed by atoms with van der Waals surface area (Å²) in [6.45, 7) is 3.37. The van der Waals surface area contributed by atoms with Gasteiger partial charge in [-0.25, -0.2) is 13.4 Å². The lowest BCUT2D eigenvalue weighted by molar-refractivity contribution is 0.0974. The molecule has 5 heterocycles. The molecule has 2 bridgehead atoms. The predicted molar refractivity (Wildman–Crippen MR) is 116 cm³/mol. The van der Waals surface area contributed by atoms with Crippen molar-refractivity contribution in [2.24, 2.45) is 5.92 Å². The molecule has 3 aliphatic heterocycles. The molecular formula is C19H24N8O2S. The monoisotopic (exact) mass is 428 g/mol. The maximum Gasteiger partial charge on any atom is 0.231 e. The number of benzene rings is 1. The number of imidazole rings is 1. The van der Waals surface area contributed by atoms with Crippen molar-refractivity contribution in [1.29, 1.82) is 0 Å². The molecule has 4 N–H and O–H groups in total. The molecule has 0 spiro atoms. The van der Waals surface area contributed by atoms with E-state index in [9.17, 15) is 8.42 Å². The number of H-pyrrole nitrogens is 1. The van der Waals surface area contributed by atoms with Crippen LogP contribution in [0.25, 0.3) is 11.2 Å². The molecule has 3 aliphatic rings. The third kappa shape index (κ3) is 4.03. The van der Waals surface area contributed by atoms with Gasteiger partial charge >= 0.3 is 0 Å². The molecule has 30 heavy (non-hydrogen) atoms. The van der Waals surface area contributed by atoms with Gasteiger partial charge in [0.1, 0.15) is 5.52 Å². The fraction of sp³-hybridized carbons (Fsp3) is 0.421. The van der Waals surface area contributed by atoms with Crippen LogP contribution in [0.15, 0.2) is 30.6 Å². The van der Waals surface area contributed by atoms with E-state index in [1.54, 1.807) is 24.5 Å². The molecule has 0 amide bonds. The number of nitrogens with one attached hydrogen (secondary N) is 4. The lowest BCUT2D eigenvalue weighted by atomic mass is 9.84. The molecule has 11 heteroatoms. The summed E-state index contributed by atoms with van der Waals surface area (Å²) in [6, 6.07) is 7.32. The zero-order valence-electron chi connectivity index (χ0n) is 16.6. The minimum absolute atomic E-state index is 0.345. The molecule has 0 aliphatic carbocycles. The fourth-order valence-electron chi connectivity index (χ4n) is 4.30. The molecule has 1 atom stereocenters. The lowest BCUT2D eigenvalue weighted by Crippen LogP contribution is -2.53. The normalized spacial score (nSPS) is 23.4. The SMILES string of the molecule is CS(=O)(=O)Nc1cccc(Nc2nc(NC3CN4CCC3CC4)c3nc[nH]c3n2)c1. The maximum absolute atomic E-state index is 11.5. The van der Waals surface area contributed by atoms with E-state index in [0.717, 1.165) is 12.8 Å². The van der Waals surface area contributed by atoms with Crippen LogP contribution in [0.3, 0.4) is 0 Å². The van der Waals surface area contributed by atoms with Gasteiger partial charge in [0.25, 0.3) is 0 Å². The van der Waals surface area contributed by atoms with E-state index in [4.69, 9.17) is 0 Å². The second-order valence-corrected chi connectivity index (χ2v) is 9.71. The van der Waals surface area contributed by atoms with Crippen LogP contribution in [0, 0.1) is 5.92 Å². The number of aromatic nitrogens is 4. The van der Waals surface area contributed by atoms with Crippen LogP contribution in [0.5, 0.6) is 0 Å². The topological polar surface area (TPSA) is 128 Å². The standard InChI is InChI=1S/C19H24N8O2S/c1-30(28,29)26-14-4-2-3-13(9-14)22-19-24-17-16(20-11-21-17)18(25-19)23-15-10-27-7-5-12(15)6-8-27/h2-4,9,11-12,15,26H,5-8,10H2,1H3,(H3,20,21,22,23,24,25). The van der Waals surface area contributed by atoms with E-state index >= 15 is 0 Å². The van der Waals surface area contributed by atoms with Gasteiger partial charge in [0.15, 0.2) is 11.5 Å². The molecule has 0 saturated carbocycles. The van der Waals surface area contributed by atoms with Gasteiger partial charge in [-0.3, -0.25) is 4.72 Å². The van der Waals surface area contributed by atoms with Crippen LogP contribution in [0.1, 0.15) is 12.8 Å². The number of aromatic amines is 1. The summed E-state index contributed by atoms with van der Waals surface area (Å²) in [5, 5.41) is 6.77. The third-order valence-corrected chi connectivity index (χ3v) is 6.29. The summed E-state index contributed by atoms with van der Waals surface area (Å²) in [5.41, 5.74) is 2.50. The van der Waals surface area contributed by atoms with Crippen molar-refractivity contribution in [2.45, 2.75) is 18.9 Å². The van der Waals surface area contributed by atoms with Gasteiger partial charge in [-0.1, -0.05) is 6.07 Å². The van der Waals surface area contributed by atoms with E-state index < -0.39 is 10.0 Å². The molecule has 1 unspecified atom stereocenters. The number of sulfonamides is 1. The highest BCUT2D eigenvalue weighted by atomic mass is 32.2. The number of rotatable bonds is 6. The number of piperidine rings is 3. The van der Waals surface area contributed by atoms with Crippen molar-refractivity contribution in [3.8, 4) is 0 Å². The Bertz CT molecular complexity index is 1170. The van der Waals surface area contributed by atoms with E-state index in [-0.39, 0.29) is 0 Å². The Morgan fingerprint density at radius 3 is 2.70 bits per heavy atom. The van der Waals surface area contributed by atoms with Gasteiger partial charge in [0, 0.05) is 18.3 Å². The molecule has 158 valence electrons. The minimum Gasteiger partial charge on any atom is -0.364 e. The Hall–Kier alpha value is -2.92. The lowest BCUT2D eigenvalue weighted by Gasteiger charge is -2.45. The summed E-state index contributed by atoms with van der Waals surface area (Å²) < 4.78 is 25.5. The second-order valence-electron chi connectivity index (χ2n) is 7.96. The van der Waals surface area contributed by atoms with Crippen molar-refractivity contribution in [2.75, 3.05) is 41.2 Å². The van der Waals surface area contributed by atoms with E-state index in [1.807, 2.05) is 6.07 Å². The maximum atomic E-state index is 11.5. The summed E-state index contributed by atoms with van der Waals surface area (Å²) in [7, 11) is -3.35. The summed E-state index contributed by atoms with van der Waals surface area (Å²) in [4.78, 5) is 19.1. The van der Waals surface area contributed by atoms with Crippen molar-refractivity contribution in [3.63, 3.8) is 0 Å². The molecule has 3 saturated heterocycles. The van der Waals surface area contributed by atoms with Crippen LogP contribution >= 0.6 is 0 Å². The average molecular weight is 429 g/mol. The largest absolute Gasteiger partial charge is 0.364 e. The first-order chi connectivity index (χ1) is 14.4. The molecule has 2 aromatic heterocycles. The first-order valence-corrected chi connectivity index (χ1v) is 11.9. The van der Waals surface area contributed by atoms with Crippen LogP contribution < -0.4 is 15.4 Å². The van der Waals surface area contributed by atoms with Crippen LogP contribution in [0.4, 0.5) is 23.1 Å². The zero-order chi connectivity index (χ0) is 20.7. The number of hydrogen-bond acceptors (Lipinski definition) is 8. The molecule has 0 radical (unpaired) electrons. The van der Waals surface area contributed by atoms with Crippen LogP contribution in [0.2, 0.25) is 0 Å². The fourth-order valence-corrected chi connectivity index (χ4v) is 4.86. The first-order valence-electron chi connectivity index (χ1n) is 9.98. The summed E-state index contributed by atoms with van der Waals surface area (Å²) in [5.74, 6) is 1.76. The second kappa shape index (κ2) is 7.40. The van der Waals surface area contributed by atoms with Gasteiger partial charge in [-0.05, 0) is 50.0 Å². The van der Waals surface area contributed by atoms with Crippen LogP contribution in [-0.4, -0.2) is 65.2 Å². The highest BCUT2D eigenvalue weighted by Crippen LogP contribution is 2.31. The molecule has 6 rings (SSSR count). The Balaban J connectivity index is 1.41. The molecule has 3 fully saturated rings. The van der Waals surface area contributed by atoms with Crippen molar-refractivity contribution in [1.82, 2.24) is 24.8 Å². The number of nitrogens with zero attached hydrogens (tertiary/aromatic N) is 4. The highest BCUT2D eigenvalue weighted by Gasteiger charge is 2.34. The minimum atomic E-state index is -3.35. The van der Waals surface area contributed by atoms with E-state index in [0.29, 0.717) is 46.3 Å². The Morgan fingerprint density at radius 2 is 1.97 bits per heavy atom. The molecular weight excluding hydrogens is 404 g/mol. The Morgan fingerprint density at radius 1 is 1.17 bits per heavy atom. The number of hydrogen-bond donors (Lipinski definition) is 4. The summed E-state index contributed by atoms with van der Waals surface area (Å²) in [6.07, 6.45) is 5.14. The van der Waals surface area contributed by atoms with Crippen LogP contribution in [-0.2, 0) is 10.0 Å². The molecule has 3 aromatic rings. The van der Waals surface area contributed by atoms with Crippen molar-refractivity contribution >= 4 is 44.3 Å². The zero-order valence-corrected chi connectivity index (χ0v) is 17.4. The van der Waals surface area contributed by atoms with Gasteiger partial charge in [-0.15, -0.1) is 0 Å². The van der Waals surface area contributed by atoms with Gasteiger partial charge in [-0.2, -0.15) is 9.97 Å². The highest BCUT2D eigenvalue weighted by molar-refractivity contribution is 7.92. The average Bonchev–Trinajstić information content (AvgIpc) is 3.17. The molecule has 10 nitrogen and oxygen atoms in total. The third-order valence-electron chi connectivity index (χ3n) is 5.68. The van der Waals surface area contributed by atoms with Gasteiger partial charge in [0.2, 0.25) is 16.0 Å². The predicted octanol–water partition coefficient (Wildman–Crippen LogP) is 1.97. The first kappa shape index (κ1) is 19.1. The quantitative estimate of drug-likeness (QED) is 0.469. The Kier molecular flexibility index (Phi) is 4.70. The van der Waals surface area contributed by atoms with E-state index in [2.05, 4.69) is 40.2 Å². The summed E-state index contributed by atoms with van der Waals surface area (Å²) >= 11 is 0. The van der Waals surface area contributed by atoms with Crippen molar-refractivity contribution < 1.29 is 8.42 Å². The van der Waals surface area contributed by atoms with E-state index in [1.165, 1.54) is 25.9 Å². The van der Waals surface area contributed by atoms with Crippen molar-refractivity contribution in [3.05, 3.63) is 30.6 Å². The number of fused-ring (bicyclic) bond motifs is 4. The van der Waals surface area contributed by atoms with Gasteiger partial charge in [0.05, 0.1) is 18.3 Å². The Labute approximate surface area is 174 Å².